The van der Waals surface area contributed by atoms with Gasteiger partial charge in [-0.1, -0.05) is 17.8 Å². The number of hydrogen-bond acceptors (Lipinski definition) is 6. The highest BCUT2D eigenvalue weighted by atomic mass is 16.7. The first-order valence-electron chi connectivity index (χ1n) is 6.67. The van der Waals surface area contributed by atoms with E-state index < -0.39 is 30.7 Å². The maximum absolute atomic E-state index is 9.50. The molecule has 1 aliphatic heterocycles. The molecule has 1 saturated heterocycles. The number of hydrogen-bond donors (Lipinski definition) is 1. The number of rotatable bonds is 8. The molecule has 1 rings (SSSR count). The van der Waals surface area contributed by atoms with E-state index in [1.165, 1.54) is 7.11 Å². The van der Waals surface area contributed by atoms with Crippen molar-refractivity contribution in [3.05, 3.63) is 0 Å². The zero-order valence-electron chi connectivity index (χ0n) is 12.4. The zero-order chi connectivity index (χ0) is 16.4. The van der Waals surface area contributed by atoms with Gasteiger partial charge in [0, 0.05) is 7.11 Å². The summed E-state index contributed by atoms with van der Waals surface area (Å²) < 4.78 is 27.6. The average molecular weight is 308 g/mol. The molecule has 0 spiro atoms. The lowest BCUT2D eigenvalue weighted by Crippen LogP contribution is -2.61. The monoisotopic (exact) mass is 308 g/mol. The molecule has 0 aromatic carbocycles. The van der Waals surface area contributed by atoms with Crippen molar-refractivity contribution in [2.24, 2.45) is 0 Å². The van der Waals surface area contributed by atoms with Crippen LogP contribution in [0.1, 0.15) is 0 Å². The van der Waals surface area contributed by atoms with E-state index in [-0.39, 0.29) is 26.4 Å². The van der Waals surface area contributed by atoms with Crippen LogP contribution in [0.3, 0.4) is 0 Å². The molecule has 1 aliphatic rings. The first-order chi connectivity index (χ1) is 10.7. The van der Waals surface area contributed by atoms with Gasteiger partial charge in [-0.05, 0) is 0 Å². The van der Waals surface area contributed by atoms with Crippen molar-refractivity contribution in [3.8, 4) is 37.0 Å². The first kappa shape index (κ1) is 18.5. The SMILES string of the molecule is C#CCO[C@H]1[C@@H](OCC#C)[C@@H](CO)O[C@@H](OC)[C@@H]1OCC#C. The topological polar surface area (TPSA) is 66.4 Å². The molecule has 0 saturated carbocycles. The van der Waals surface area contributed by atoms with Crippen LogP contribution >= 0.6 is 0 Å². The average Bonchev–Trinajstić information content (AvgIpc) is 2.55. The third-order valence-corrected chi connectivity index (χ3v) is 3.08. The predicted molar refractivity (Wildman–Crippen MR) is 78.5 cm³/mol. The van der Waals surface area contributed by atoms with Crippen molar-refractivity contribution >= 4 is 0 Å². The fourth-order valence-corrected chi connectivity index (χ4v) is 2.22. The van der Waals surface area contributed by atoms with Crippen molar-refractivity contribution in [3.63, 3.8) is 0 Å². The Labute approximate surface area is 131 Å². The van der Waals surface area contributed by atoms with Gasteiger partial charge in [0.2, 0.25) is 0 Å². The van der Waals surface area contributed by atoms with E-state index >= 15 is 0 Å². The maximum Gasteiger partial charge on any atom is 0.186 e. The van der Waals surface area contributed by atoms with Crippen LogP contribution in [0, 0.1) is 37.0 Å². The van der Waals surface area contributed by atoms with E-state index in [1.54, 1.807) is 0 Å². The molecule has 5 atom stereocenters. The van der Waals surface area contributed by atoms with Crippen molar-refractivity contribution in [2.45, 2.75) is 30.7 Å². The lowest BCUT2D eigenvalue weighted by atomic mass is 9.98. The fraction of sp³-hybridized carbons (Fsp3) is 0.625. The van der Waals surface area contributed by atoms with E-state index in [0.717, 1.165) is 0 Å². The summed E-state index contributed by atoms with van der Waals surface area (Å²) in [5, 5.41) is 9.50. The Morgan fingerprint density at radius 3 is 1.86 bits per heavy atom. The normalized spacial score (nSPS) is 31.0. The van der Waals surface area contributed by atoms with Crippen LogP contribution in [0.5, 0.6) is 0 Å². The lowest BCUT2D eigenvalue weighted by molar-refractivity contribution is -0.312. The molecular formula is C16H20O6. The van der Waals surface area contributed by atoms with Crippen LogP contribution in [0.4, 0.5) is 0 Å². The summed E-state index contributed by atoms with van der Waals surface area (Å²) in [5.41, 5.74) is 0. The summed E-state index contributed by atoms with van der Waals surface area (Å²) in [6.07, 6.45) is 12.2. The van der Waals surface area contributed by atoms with Crippen LogP contribution in [0.25, 0.3) is 0 Å². The van der Waals surface area contributed by atoms with Gasteiger partial charge in [0.25, 0.3) is 0 Å². The Morgan fingerprint density at radius 1 is 0.909 bits per heavy atom. The molecule has 1 fully saturated rings. The second kappa shape index (κ2) is 10.2. The molecule has 0 aliphatic carbocycles. The van der Waals surface area contributed by atoms with E-state index in [4.69, 9.17) is 43.0 Å². The molecule has 0 aromatic heterocycles. The van der Waals surface area contributed by atoms with Gasteiger partial charge in [0.1, 0.15) is 44.2 Å². The summed E-state index contributed by atoms with van der Waals surface area (Å²) in [6, 6.07) is 0. The third-order valence-electron chi connectivity index (χ3n) is 3.08. The van der Waals surface area contributed by atoms with Crippen molar-refractivity contribution in [2.75, 3.05) is 33.5 Å². The molecule has 0 bridgehead atoms. The Morgan fingerprint density at radius 2 is 1.41 bits per heavy atom. The van der Waals surface area contributed by atoms with Crippen molar-refractivity contribution < 1.29 is 28.8 Å². The van der Waals surface area contributed by atoms with Gasteiger partial charge in [-0.3, -0.25) is 0 Å². The minimum atomic E-state index is -0.779. The molecule has 0 unspecified atom stereocenters. The number of ether oxygens (including phenoxy) is 5. The summed E-state index contributed by atoms with van der Waals surface area (Å²) in [6.45, 7) is -0.201. The minimum Gasteiger partial charge on any atom is -0.394 e. The number of terminal acetylenes is 3. The van der Waals surface area contributed by atoms with Crippen LogP contribution in [-0.4, -0.2) is 69.3 Å². The van der Waals surface area contributed by atoms with Crippen molar-refractivity contribution in [1.29, 1.82) is 0 Å². The van der Waals surface area contributed by atoms with Gasteiger partial charge in [-0.25, -0.2) is 0 Å². The Kier molecular flexibility index (Phi) is 8.58. The molecular weight excluding hydrogens is 288 g/mol. The Balaban J connectivity index is 2.99. The molecule has 0 aromatic rings. The van der Waals surface area contributed by atoms with E-state index in [2.05, 4.69) is 17.8 Å². The third kappa shape index (κ3) is 4.73. The molecule has 22 heavy (non-hydrogen) atoms. The molecule has 1 heterocycles. The van der Waals surface area contributed by atoms with Gasteiger partial charge in [0.15, 0.2) is 6.29 Å². The minimum absolute atomic E-state index is 0.0277. The quantitative estimate of drug-likeness (QED) is 0.604. The van der Waals surface area contributed by atoms with Crippen LogP contribution in [0.2, 0.25) is 0 Å². The molecule has 1 N–H and O–H groups in total. The molecule has 120 valence electrons. The maximum atomic E-state index is 9.50. The highest BCUT2D eigenvalue weighted by Gasteiger charge is 2.48. The van der Waals surface area contributed by atoms with Gasteiger partial charge < -0.3 is 28.8 Å². The van der Waals surface area contributed by atoms with Gasteiger partial charge >= 0.3 is 0 Å². The first-order valence-corrected chi connectivity index (χ1v) is 6.67. The molecule has 0 amide bonds. The standard InChI is InChI=1S/C16H20O6/c1-5-8-19-13-12(11-17)22-16(18-4)15(21-10-7-3)14(13)20-9-6-2/h1-3,12-17H,8-11H2,4H3/t12-,13+,14+,15-,16-/m1/s1. The Hall–Kier alpha value is -1.56. The molecule has 6 nitrogen and oxygen atoms in total. The van der Waals surface area contributed by atoms with Gasteiger partial charge in [0.05, 0.1) is 6.61 Å². The lowest BCUT2D eigenvalue weighted by Gasteiger charge is -2.44. The van der Waals surface area contributed by atoms with E-state index in [0.29, 0.717) is 0 Å². The van der Waals surface area contributed by atoms with Gasteiger partial charge in [-0.2, -0.15) is 0 Å². The predicted octanol–water partition coefficient (Wildman–Crippen LogP) is -0.595. The largest absolute Gasteiger partial charge is 0.394 e. The Bertz CT molecular complexity index is 411. The summed E-state index contributed by atoms with van der Waals surface area (Å²) in [7, 11) is 1.45. The second-order valence-electron chi connectivity index (χ2n) is 4.40. The smallest absolute Gasteiger partial charge is 0.186 e. The van der Waals surface area contributed by atoms with E-state index in [9.17, 15) is 5.11 Å². The molecule has 6 heteroatoms. The summed E-state index contributed by atoms with van der Waals surface area (Å²) in [4.78, 5) is 0. The van der Waals surface area contributed by atoms with Crippen molar-refractivity contribution in [1.82, 2.24) is 0 Å². The van der Waals surface area contributed by atoms with E-state index in [1.807, 2.05) is 0 Å². The second-order valence-corrected chi connectivity index (χ2v) is 4.40. The highest BCUT2D eigenvalue weighted by Crippen LogP contribution is 2.28. The summed E-state index contributed by atoms with van der Waals surface area (Å²) in [5.74, 6) is 7.10. The van der Waals surface area contributed by atoms with Crippen LogP contribution < -0.4 is 0 Å². The fourth-order valence-electron chi connectivity index (χ4n) is 2.22. The number of aliphatic hydroxyl groups excluding tert-OH is 1. The summed E-state index contributed by atoms with van der Waals surface area (Å²) >= 11 is 0. The van der Waals surface area contributed by atoms with Crippen LogP contribution in [0.15, 0.2) is 0 Å². The number of methoxy groups -OCH3 is 1. The highest BCUT2D eigenvalue weighted by molar-refractivity contribution is 4.97. The zero-order valence-corrected chi connectivity index (χ0v) is 12.4. The van der Waals surface area contributed by atoms with Gasteiger partial charge in [-0.15, -0.1) is 19.3 Å². The molecule has 0 radical (unpaired) electrons. The van der Waals surface area contributed by atoms with Crippen LogP contribution in [-0.2, 0) is 23.7 Å². The number of aliphatic hydroxyl groups is 1.